The summed E-state index contributed by atoms with van der Waals surface area (Å²) in [4.78, 5) is 24.9. The van der Waals surface area contributed by atoms with Crippen molar-refractivity contribution in [1.29, 1.82) is 5.26 Å². The number of nitriles is 1. The molecule has 1 heterocycles. The Hall–Kier alpha value is -1.57. The molecule has 2 fully saturated rings. The van der Waals surface area contributed by atoms with E-state index < -0.39 is 5.41 Å². The number of primary amides is 1. The maximum absolute atomic E-state index is 12.2. The highest BCUT2D eigenvalue weighted by molar-refractivity contribution is 5.86. The van der Waals surface area contributed by atoms with Gasteiger partial charge in [0.1, 0.15) is 5.41 Å². The lowest BCUT2D eigenvalue weighted by Crippen LogP contribution is -2.50. The van der Waals surface area contributed by atoms with E-state index in [2.05, 4.69) is 6.07 Å². The quantitative estimate of drug-likeness (QED) is 0.751. The van der Waals surface area contributed by atoms with Gasteiger partial charge in [0.05, 0.1) is 6.07 Å². The van der Waals surface area contributed by atoms with Gasteiger partial charge in [-0.25, -0.2) is 0 Å². The van der Waals surface area contributed by atoms with Crippen LogP contribution in [-0.2, 0) is 9.59 Å². The molecule has 0 bridgehead atoms. The first-order valence-corrected chi connectivity index (χ1v) is 6.09. The lowest BCUT2D eigenvalue weighted by molar-refractivity contribution is -0.145. The number of rotatable bonds is 2. The van der Waals surface area contributed by atoms with Crippen LogP contribution in [0.2, 0.25) is 0 Å². The molecule has 0 spiro atoms. The molecular formula is C12H17N3O2. The fourth-order valence-corrected chi connectivity index (χ4v) is 2.57. The lowest BCUT2D eigenvalue weighted by atomic mass is 9.68. The van der Waals surface area contributed by atoms with E-state index in [0.717, 1.165) is 6.42 Å². The Balaban J connectivity index is 1.95. The van der Waals surface area contributed by atoms with Crippen LogP contribution >= 0.6 is 0 Å². The molecule has 0 aromatic rings. The van der Waals surface area contributed by atoms with Gasteiger partial charge in [-0.1, -0.05) is 0 Å². The number of carbonyl (C=O) groups is 2. The van der Waals surface area contributed by atoms with E-state index in [0.29, 0.717) is 38.8 Å². The van der Waals surface area contributed by atoms with Crippen molar-refractivity contribution in [3.8, 4) is 6.07 Å². The van der Waals surface area contributed by atoms with Gasteiger partial charge in [-0.3, -0.25) is 9.59 Å². The molecule has 1 aliphatic heterocycles. The van der Waals surface area contributed by atoms with Gasteiger partial charge in [-0.2, -0.15) is 5.26 Å². The highest BCUT2D eigenvalue weighted by Gasteiger charge is 2.47. The Kier molecular flexibility index (Phi) is 3.05. The SMILES string of the molecule is N#CC1(C(=O)N2CCC(C(N)=O)CC2)CCC1. The molecule has 0 atom stereocenters. The molecule has 0 aromatic carbocycles. The monoisotopic (exact) mass is 235 g/mol. The Bertz CT molecular complexity index is 374. The third-order valence-corrected chi connectivity index (χ3v) is 4.02. The molecule has 0 unspecified atom stereocenters. The van der Waals surface area contributed by atoms with Crippen LogP contribution in [-0.4, -0.2) is 29.8 Å². The van der Waals surface area contributed by atoms with Crippen LogP contribution in [0.1, 0.15) is 32.1 Å². The van der Waals surface area contributed by atoms with Gasteiger partial charge < -0.3 is 10.6 Å². The zero-order chi connectivity index (χ0) is 12.5. The predicted molar refractivity (Wildman–Crippen MR) is 60.4 cm³/mol. The zero-order valence-electron chi connectivity index (χ0n) is 9.82. The second-order valence-electron chi connectivity index (χ2n) is 5.02. The minimum Gasteiger partial charge on any atom is -0.369 e. The summed E-state index contributed by atoms with van der Waals surface area (Å²) in [5.41, 5.74) is 4.48. The third-order valence-electron chi connectivity index (χ3n) is 4.02. The molecule has 5 heteroatoms. The third kappa shape index (κ3) is 1.99. The number of amides is 2. The number of nitrogens with two attached hydrogens (primary N) is 1. The Morgan fingerprint density at radius 2 is 1.88 bits per heavy atom. The molecule has 2 rings (SSSR count). The summed E-state index contributed by atoms with van der Waals surface area (Å²) >= 11 is 0. The average Bonchev–Trinajstić information content (AvgIpc) is 2.28. The van der Waals surface area contributed by atoms with E-state index in [1.54, 1.807) is 4.90 Å². The average molecular weight is 235 g/mol. The smallest absolute Gasteiger partial charge is 0.243 e. The van der Waals surface area contributed by atoms with Gasteiger partial charge in [-0.05, 0) is 32.1 Å². The van der Waals surface area contributed by atoms with E-state index in [1.807, 2.05) is 0 Å². The first-order valence-electron chi connectivity index (χ1n) is 6.09. The second kappa shape index (κ2) is 4.36. The van der Waals surface area contributed by atoms with Crippen LogP contribution in [0, 0.1) is 22.7 Å². The predicted octanol–water partition coefficient (Wildman–Crippen LogP) is 0.404. The fraction of sp³-hybridized carbons (Fsp3) is 0.750. The first kappa shape index (κ1) is 11.9. The van der Waals surface area contributed by atoms with E-state index in [4.69, 9.17) is 11.0 Å². The number of hydrogen-bond donors (Lipinski definition) is 1. The maximum Gasteiger partial charge on any atom is 0.243 e. The van der Waals surface area contributed by atoms with Crippen LogP contribution in [0.25, 0.3) is 0 Å². The highest BCUT2D eigenvalue weighted by atomic mass is 16.2. The molecule has 1 aliphatic carbocycles. The molecule has 2 amide bonds. The van der Waals surface area contributed by atoms with Crippen LogP contribution < -0.4 is 5.73 Å². The van der Waals surface area contributed by atoms with Gasteiger partial charge >= 0.3 is 0 Å². The molecule has 0 radical (unpaired) electrons. The van der Waals surface area contributed by atoms with Gasteiger partial charge in [0.2, 0.25) is 11.8 Å². The van der Waals surface area contributed by atoms with Crippen molar-refractivity contribution in [2.24, 2.45) is 17.1 Å². The molecule has 2 aliphatic rings. The normalized spacial score (nSPS) is 23.6. The van der Waals surface area contributed by atoms with E-state index in [-0.39, 0.29) is 17.7 Å². The van der Waals surface area contributed by atoms with Crippen molar-refractivity contribution in [2.75, 3.05) is 13.1 Å². The van der Waals surface area contributed by atoms with Crippen LogP contribution in [0.15, 0.2) is 0 Å². The molecular weight excluding hydrogens is 218 g/mol. The highest BCUT2D eigenvalue weighted by Crippen LogP contribution is 2.42. The van der Waals surface area contributed by atoms with E-state index in [9.17, 15) is 9.59 Å². The van der Waals surface area contributed by atoms with Crippen molar-refractivity contribution < 1.29 is 9.59 Å². The maximum atomic E-state index is 12.2. The molecule has 17 heavy (non-hydrogen) atoms. The summed E-state index contributed by atoms with van der Waals surface area (Å²) in [7, 11) is 0. The number of carbonyl (C=O) groups excluding carboxylic acids is 2. The number of hydrogen-bond acceptors (Lipinski definition) is 3. The Morgan fingerprint density at radius 1 is 1.29 bits per heavy atom. The largest absolute Gasteiger partial charge is 0.369 e. The van der Waals surface area contributed by atoms with Gasteiger partial charge in [0.25, 0.3) is 0 Å². The molecule has 1 saturated carbocycles. The van der Waals surface area contributed by atoms with Crippen LogP contribution in [0.4, 0.5) is 0 Å². The lowest BCUT2D eigenvalue weighted by Gasteiger charge is -2.40. The number of piperidine rings is 1. The summed E-state index contributed by atoms with van der Waals surface area (Å²) < 4.78 is 0. The van der Waals surface area contributed by atoms with E-state index in [1.165, 1.54) is 0 Å². The molecule has 5 nitrogen and oxygen atoms in total. The van der Waals surface area contributed by atoms with Crippen molar-refractivity contribution >= 4 is 11.8 Å². The molecule has 2 N–H and O–H groups in total. The Labute approximate surface area is 101 Å². The van der Waals surface area contributed by atoms with Crippen LogP contribution in [0.5, 0.6) is 0 Å². The summed E-state index contributed by atoms with van der Waals surface area (Å²) in [5.74, 6) is -0.441. The molecule has 92 valence electrons. The van der Waals surface area contributed by atoms with Crippen molar-refractivity contribution in [3.05, 3.63) is 0 Å². The number of likely N-dealkylation sites (tertiary alicyclic amines) is 1. The summed E-state index contributed by atoms with van der Waals surface area (Å²) in [6.07, 6.45) is 3.57. The summed E-state index contributed by atoms with van der Waals surface area (Å²) in [6, 6.07) is 2.16. The zero-order valence-corrected chi connectivity index (χ0v) is 9.82. The minimum atomic E-state index is -0.764. The Morgan fingerprint density at radius 3 is 2.24 bits per heavy atom. The second-order valence-corrected chi connectivity index (χ2v) is 5.02. The standard InChI is InChI=1S/C12H17N3O2/c13-8-12(4-1-5-12)11(17)15-6-2-9(3-7-15)10(14)16/h9H,1-7H2,(H2,14,16). The van der Waals surface area contributed by atoms with Gasteiger partial charge in [-0.15, -0.1) is 0 Å². The summed E-state index contributed by atoms with van der Waals surface area (Å²) in [6.45, 7) is 1.10. The van der Waals surface area contributed by atoms with Crippen LogP contribution in [0.3, 0.4) is 0 Å². The topological polar surface area (TPSA) is 87.2 Å². The molecule has 1 saturated heterocycles. The molecule has 0 aromatic heterocycles. The number of nitrogens with zero attached hydrogens (tertiary/aromatic N) is 2. The first-order chi connectivity index (χ1) is 8.09. The van der Waals surface area contributed by atoms with E-state index >= 15 is 0 Å². The minimum absolute atomic E-state index is 0.0471. The van der Waals surface area contributed by atoms with Crippen molar-refractivity contribution in [1.82, 2.24) is 4.90 Å². The summed E-state index contributed by atoms with van der Waals surface area (Å²) in [5, 5.41) is 9.11. The van der Waals surface area contributed by atoms with Gasteiger partial charge in [0, 0.05) is 19.0 Å². The fourth-order valence-electron chi connectivity index (χ4n) is 2.57. The van der Waals surface area contributed by atoms with Gasteiger partial charge in [0.15, 0.2) is 0 Å². The van der Waals surface area contributed by atoms with Crippen molar-refractivity contribution in [3.63, 3.8) is 0 Å². The van der Waals surface area contributed by atoms with Crippen molar-refractivity contribution in [2.45, 2.75) is 32.1 Å².